The summed E-state index contributed by atoms with van der Waals surface area (Å²) in [6.07, 6.45) is -0.0636. The van der Waals surface area contributed by atoms with Crippen molar-refractivity contribution in [2.75, 3.05) is 11.9 Å². The Hall–Kier alpha value is -2.22. The fourth-order valence-corrected chi connectivity index (χ4v) is 3.07. The molecule has 2 amide bonds. The second-order valence-electron chi connectivity index (χ2n) is 5.82. The number of halogens is 3. The van der Waals surface area contributed by atoms with E-state index in [1.54, 1.807) is 18.2 Å². The fourth-order valence-electron chi connectivity index (χ4n) is 2.14. The highest BCUT2D eigenvalue weighted by molar-refractivity contribution is 9.10. The van der Waals surface area contributed by atoms with Crippen LogP contribution in [0.5, 0.6) is 5.75 Å². The maximum atomic E-state index is 12.0. The monoisotopic (exact) mass is 485 g/mol. The quantitative estimate of drug-likeness (QED) is 0.476. The van der Waals surface area contributed by atoms with Gasteiger partial charge in [-0.25, -0.2) is 0 Å². The van der Waals surface area contributed by atoms with E-state index in [0.717, 1.165) is 10.0 Å². The Morgan fingerprint density at radius 1 is 1.11 bits per heavy atom. The summed E-state index contributed by atoms with van der Waals surface area (Å²) in [4.78, 5) is 23.9. The van der Waals surface area contributed by atoms with E-state index in [9.17, 15) is 9.59 Å². The summed E-state index contributed by atoms with van der Waals surface area (Å²) >= 11 is 15.2. The lowest BCUT2D eigenvalue weighted by Gasteiger charge is -2.13. The highest BCUT2D eigenvalue weighted by Crippen LogP contribution is 2.25. The van der Waals surface area contributed by atoms with Crippen LogP contribution in [0.3, 0.4) is 0 Å². The van der Waals surface area contributed by atoms with Crippen molar-refractivity contribution >= 4 is 56.6 Å². The predicted octanol–water partition coefficient (Wildman–Crippen LogP) is 4.61. The molecule has 0 unspecified atom stereocenters. The van der Waals surface area contributed by atoms with Gasteiger partial charge in [0.2, 0.25) is 5.91 Å². The number of aryl methyl sites for hydroxylation is 1. The van der Waals surface area contributed by atoms with Gasteiger partial charge >= 0.3 is 0 Å². The fraction of sp³-hybridized carbons (Fsp3) is 0.158. The highest BCUT2D eigenvalue weighted by Gasteiger charge is 2.10. The lowest BCUT2D eigenvalue weighted by Crippen LogP contribution is -2.40. The van der Waals surface area contributed by atoms with E-state index < -0.39 is 5.91 Å². The summed E-state index contributed by atoms with van der Waals surface area (Å²) in [5.74, 6) is -0.154. The molecule has 6 nitrogen and oxygen atoms in total. The van der Waals surface area contributed by atoms with Crippen LogP contribution in [0, 0.1) is 6.92 Å². The van der Waals surface area contributed by atoms with Gasteiger partial charge in [-0.15, -0.1) is 0 Å². The van der Waals surface area contributed by atoms with E-state index in [0.29, 0.717) is 27.2 Å². The summed E-state index contributed by atoms with van der Waals surface area (Å²) in [6, 6.07) is 10.2. The first kappa shape index (κ1) is 22.1. The van der Waals surface area contributed by atoms with Gasteiger partial charge in [-0.3, -0.25) is 15.0 Å². The Labute approximate surface area is 181 Å². The number of hydrazine groups is 1. The van der Waals surface area contributed by atoms with Crippen LogP contribution in [0.2, 0.25) is 10.0 Å². The summed E-state index contributed by atoms with van der Waals surface area (Å²) in [6.45, 7) is 5.39. The van der Waals surface area contributed by atoms with Gasteiger partial charge < -0.3 is 15.5 Å². The molecule has 0 bridgehead atoms. The Balaban J connectivity index is 1.73. The molecule has 2 rings (SSSR count). The van der Waals surface area contributed by atoms with Crippen molar-refractivity contribution in [2.45, 2.75) is 13.3 Å². The van der Waals surface area contributed by atoms with Crippen molar-refractivity contribution < 1.29 is 14.3 Å². The van der Waals surface area contributed by atoms with Crippen LogP contribution in [0.1, 0.15) is 12.0 Å². The van der Waals surface area contributed by atoms with E-state index in [1.807, 2.05) is 19.1 Å². The van der Waals surface area contributed by atoms with Gasteiger partial charge in [-0.1, -0.05) is 45.7 Å². The number of carbonyl (C=O) groups excluding carboxylic acids is 2. The molecule has 0 saturated carbocycles. The minimum absolute atomic E-state index is 0.0636. The lowest BCUT2D eigenvalue weighted by atomic mass is 10.2. The van der Waals surface area contributed by atoms with Crippen molar-refractivity contribution in [2.24, 2.45) is 0 Å². The van der Waals surface area contributed by atoms with Gasteiger partial charge in [0.1, 0.15) is 5.75 Å². The topological polar surface area (TPSA) is 79.5 Å². The normalized spacial score (nSPS) is 10.1. The molecule has 148 valence electrons. The number of nitrogens with one attached hydrogen (secondary N) is 3. The third-order valence-electron chi connectivity index (χ3n) is 3.45. The molecule has 0 fully saturated rings. The van der Waals surface area contributed by atoms with Crippen LogP contribution in [-0.2, 0) is 9.59 Å². The van der Waals surface area contributed by atoms with Crippen molar-refractivity contribution in [3.05, 3.63) is 68.8 Å². The molecule has 3 N–H and O–H groups in total. The second kappa shape index (κ2) is 10.4. The summed E-state index contributed by atoms with van der Waals surface area (Å²) < 4.78 is 6.39. The number of amides is 2. The second-order valence-corrected chi connectivity index (χ2v) is 7.58. The molecule has 0 heterocycles. The van der Waals surface area contributed by atoms with E-state index >= 15 is 0 Å². The molecule has 2 aromatic carbocycles. The molecule has 9 heteroatoms. The van der Waals surface area contributed by atoms with Crippen LogP contribution in [0.25, 0.3) is 0 Å². The van der Waals surface area contributed by atoms with Crippen LogP contribution in [0.4, 0.5) is 5.69 Å². The zero-order chi connectivity index (χ0) is 20.7. The van der Waals surface area contributed by atoms with Gasteiger partial charge in [0.25, 0.3) is 5.91 Å². The van der Waals surface area contributed by atoms with Gasteiger partial charge in [0.05, 0.1) is 17.1 Å². The molecule has 0 aliphatic heterocycles. The summed E-state index contributed by atoms with van der Waals surface area (Å²) in [5.41, 5.74) is 6.65. The van der Waals surface area contributed by atoms with Crippen molar-refractivity contribution in [1.82, 2.24) is 10.9 Å². The average molecular weight is 487 g/mol. The van der Waals surface area contributed by atoms with E-state index in [4.69, 9.17) is 27.9 Å². The van der Waals surface area contributed by atoms with Crippen molar-refractivity contribution in [3.63, 3.8) is 0 Å². The first-order chi connectivity index (χ1) is 13.2. The number of hydrogen-bond donors (Lipinski definition) is 3. The largest absolute Gasteiger partial charge is 0.483 e. The number of hydrogen-bond acceptors (Lipinski definition) is 4. The molecule has 0 atom stereocenters. The van der Waals surface area contributed by atoms with Gasteiger partial charge in [0.15, 0.2) is 6.61 Å². The molecule has 0 radical (unpaired) electrons. The Morgan fingerprint density at radius 2 is 1.86 bits per heavy atom. The summed E-state index contributed by atoms with van der Waals surface area (Å²) in [7, 11) is 0. The van der Waals surface area contributed by atoms with E-state index in [1.165, 1.54) is 6.07 Å². The minimum atomic E-state index is -0.412. The zero-order valence-corrected chi connectivity index (χ0v) is 18.0. The Kier molecular flexibility index (Phi) is 8.17. The number of benzene rings is 2. The smallest absolute Gasteiger partial charge is 0.276 e. The number of ether oxygens (including phenoxy) is 1. The average Bonchev–Trinajstić information content (AvgIpc) is 2.61. The molecule has 2 aromatic rings. The Morgan fingerprint density at radius 3 is 2.54 bits per heavy atom. The molecular formula is C19H18BrCl2N3O3. The third-order valence-corrected chi connectivity index (χ3v) is 4.49. The van der Waals surface area contributed by atoms with Gasteiger partial charge in [-0.2, -0.15) is 0 Å². The SMILES string of the molecule is C=C(CC(=O)Nc1ccc(Cl)cc1Cl)NNC(=O)COc1ccc(Br)cc1C. The third kappa shape index (κ3) is 7.07. The van der Waals surface area contributed by atoms with Crippen molar-refractivity contribution in [3.8, 4) is 5.75 Å². The maximum Gasteiger partial charge on any atom is 0.276 e. The molecular weight excluding hydrogens is 469 g/mol. The van der Waals surface area contributed by atoms with Gasteiger partial charge in [0, 0.05) is 15.2 Å². The first-order valence-corrected chi connectivity index (χ1v) is 9.66. The number of rotatable bonds is 8. The number of carbonyl (C=O) groups is 2. The molecule has 0 spiro atoms. The molecule has 0 aromatic heterocycles. The van der Waals surface area contributed by atoms with Crippen LogP contribution in [-0.4, -0.2) is 18.4 Å². The van der Waals surface area contributed by atoms with E-state index in [2.05, 4.69) is 38.7 Å². The van der Waals surface area contributed by atoms with Crippen LogP contribution >= 0.6 is 39.1 Å². The zero-order valence-electron chi connectivity index (χ0n) is 14.9. The highest BCUT2D eigenvalue weighted by atomic mass is 79.9. The molecule has 28 heavy (non-hydrogen) atoms. The van der Waals surface area contributed by atoms with E-state index in [-0.39, 0.29) is 18.9 Å². The number of anilines is 1. The molecule has 0 aliphatic rings. The van der Waals surface area contributed by atoms with Crippen LogP contribution < -0.4 is 20.9 Å². The van der Waals surface area contributed by atoms with Crippen molar-refractivity contribution in [1.29, 1.82) is 0 Å². The molecule has 0 aliphatic carbocycles. The molecule has 0 saturated heterocycles. The first-order valence-electron chi connectivity index (χ1n) is 8.11. The lowest BCUT2D eigenvalue weighted by molar-refractivity contribution is -0.124. The summed E-state index contributed by atoms with van der Waals surface area (Å²) in [5, 5.41) is 3.44. The van der Waals surface area contributed by atoms with Gasteiger partial charge in [-0.05, 0) is 48.9 Å². The predicted molar refractivity (Wildman–Crippen MR) is 115 cm³/mol. The Bertz CT molecular complexity index is 906. The van der Waals surface area contributed by atoms with Crippen LogP contribution in [0.15, 0.2) is 53.1 Å². The minimum Gasteiger partial charge on any atom is -0.483 e. The maximum absolute atomic E-state index is 12.0. The standard InChI is InChI=1S/C19H18BrCl2N3O3/c1-11-7-13(20)3-6-17(11)28-10-19(27)25-24-12(2)8-18(26)23-16-5-4-14(21)9-15(16)22/h3-7,9,24H,2,8,10H2,1H3,(H,23,26)(H,25,27).